The van der Waals surface area contributed by atoms with Crippen LogP contribution in [0.2, 0.25) is 0 Å². The largest absolute Gasteiger partial charge is 0.511 e. The number of hydrogen-bond donors (Lipinski definition) is 2. The monoisotopic (exact) mass is 553 g/mol. The highest BCUT2D eigenvalue weighted by Gasteiger charge is 2.85. The van der Waals surface area contributed by atoms with Crippen LogP contribution in [0.3, 0.4) is 0 Å². The fourth-order valence-electron chi connectivity index (χ4n) is 6.39. The van der Waals surface area contributed by atoms with Crippen molar-refractivity contribution >= 4 is 18.1 Å². The third kappa shape index (κ3) is 5.61. The van der Waals surface area contributed by atoms with Crippen molar-refractivity contribution in [2.75, 3.05) is 0 Å². The number of ether oxygens (including phenoxy) is 4. The van der Waals surface area contributed by atoms with Crippen LogP contribution < -0.4 is 5.73 Å². The van der Waals surface area contributed by atoms with Gasteiger partial charge in [0.1, 0.15) is 17.5 Å². The number of carboxylic acids is 1. The molecule has 0 bridgehead atoms. The van der Waals surface area contributed by atoms with Crippen LogP contribution in [0.25, 0.3) is 0 Å². The maximum Gasteiger partial charge on any atom is 0.511 e. The minimum Gasteiger partial charge on any atom is -0.479 e. The number of fused-ring (bicyclic) bond motifs is 1. The third-order valence-electron chi connectivity index (χ3n) is 8.59. The Morgan fingerprint density at radius 2 is 1.77 bits per heavy atom. The van der Waals surface area contributed by atoms with Crippen molar-refractivity contribution in [3.05, 3.63) is 35.6 Å². The van der Waals surface area contributed by atoms with Crippen LogP contribution >= 0.6 is 0 Å². The Balaban J connectivity index is 1.41. The molecule has 3 aliphatic carbocycles. The highest BCUT2D eigenvalue weighted by atomic mass is 19.1. The van der Waals surface area contributed by atoms with Crippen LogP contribution in [-0.2, 0) is 35.1 Å². The maximum atomic E-state index is 15.2. The molecule has 216 valence electrons. The molecule has 0 spiro atoms. The number of halogens is 2. The van der Waals surface area contributed by atoms with E-state index in [2.05, 4.69) is 20.8 Å². The normalized spacial score (nSPS) is 36.1. The summed E-state index contributed by atoms with van der Waals surface area (Å²) in [6.45, 7) is 7.44. The van der Waals surface area contributed by atoms with E-state index in [1.54, 1.807) is 0 Å². The Bertz CT molecular complexity index is 1080. The van der Waals surface area contributed by atoms with Gasteiger partial charge in [0, 0.05) is 18.8 Å². The molecule has 3 N–H and O–H groups in total. The summed E-state index contributed by atoms with van der Waals surface area (Å²) < 4.78 is 50.3. The molecule has 9 nitrogen and oxygen atoms in total. The minimum absolute atomic E-state index is 0.0712. The first kappa shape index (κ1) is 29.2. The van der Waals surface area contributed by atoms with Crippen LogP contribution in [0.1, 0.15) is 58.9 Å². The second-order valence-corrected chi connectivity index (χ2v) is 11.6. The lowest BCUT2D eigenvalue weighted by Gasteiger charge is -2.36. The molecule has 11 heteroatoms. The summed E-state index contributed by atoms with van der Waals surface area (Å²) in [6.07, 6.45) is -1.32. The number of nitrogens with two attached hydrogens (primary N) is 1. The van der Waals surface area contributed by atoms with Crippen molar-refractivity contribution in [2.24, 2.45) is 35.3 Å². The summed E-state index contributed by atoms with van der Waals surface area (Å²) in [5, 5.41) is 9.44. The fraction of sp³-hybridized carbons (Fsp3) is 0.679. The summed E-state index contributed by atoms with van der Waals surface area (Å²) in [7, 11) is 0. The molecule has 0 amide bonds. The van der Waals surface area contributed by atoms with E-state index < -0.39 is 59.3 Å². The molecule has 0 aromatic heterocycles. The van der Waals surface area contributed by atoms with Crippen molar-refractivity contribution in [2.45, 2.75) is 89.7 Å². The number of esters is 1. The van der Waals surface area contributed by atoms with E-state index in [4.69, 9.17) is 24.7 Å². The molecule has 3 fully saturated rings. The van der Waals surface area contributed by atoms with E-state index in [0.29, 0.717) is 23.8 Å². The van der Waals surface area contributed by atoms with Crippen molar-refractivity contribution in [3.63, 3.8) is 0 Å². The predicted molar refractivity (Wildman–Crippen MR) is 133 cm³/mol. The zero-order valence-electron chi connectivity index (χ0n) is 22.6. The van der Waals surface area contributed by atoms with Crippen molar-refractivity contribution in [3.8, 4) is 0 Å². The van der Waals surface area contributed by atoms with Gasteiger partial charge in [-0.1, -0.05) is 39.3 Å². The number of carboxylic acid groups (broad SMARTS) is 1. The van der Waals surface area contributed by atoms with Crippen LogP contribution in [0.5, 0.6) is 0 Å². The van der Waals surface area contributed by atoms with Gasteiger partial charge in [0.2, 0.25) is 12.0 Å². The van der Waals surface area contributed by atoms with Gasteiger partial charge in [-0.05, 0) is 54.7 Å². The molecule has 3 aliphatic rings. The van der Waals surface area contributed by atoms with Crippen LogP contribution in [0.15, 0.2) is 24.3 Å². The van der Waals surface area contributed by atoms with Crippen LogP contribution in [0, 0.1) is 35.4 Å². The minimum atomic E-state index is -2.70. The molecule has 0 aliphatic heterocycles. The first-order valence-corrected chi connectivity index (χ1v) is 13.4. The highest BCUT2D eigenvalue weighted by molar-refractivity contribution is 5.91. The first-order valence-electron chi connectivity index (χ1n) is 13.4. The second kappa shape index (κ2) is 11.0. The van der Waals surface area contributed by atoms with Gasteiger partial charge < -0.3 is 29.8 Å². The van der Waals surface area contributed by atoms with E-state index >= 15 is 4.39 Å². The lowest BCUT2D eigenvalue weighted by atomic mass is 9.75. The molecule has 1 aromatic rings. The zero-order chi connectivity index (χ0) is 28.7. The number of hydrogen-bond acceptors (Lipinski definition) is 8. The Labute approximate surface area is 226 Å². The summed E-state index contributed by atoms with van der Waals surface area (Å²) in [5.41, 5.74) is 2.12. The highest BCUT2D eigenvalue weighted by Crippen LogP contribution is 2.67. The average Bonchev–Trinajstić information content (AvgIpc) is 3.33. The summed E-state index contributed by atoms with van der Waals surface area (Å²) in [5.74, 6) is -4.86. The quantitative estimate of drug-likeness (QED) is 0.338. The van der Waals surface area contributed by atoms with Gasteiger partial charge in [0.05, 0.1) is 12.7 Å². The van der Waals surface area contributed by atoms with E-state index in [1.165, 1.54) is 31.2 Å². The van der Waals surface area contributed by atoms with E-state index in [0.717, 1.165) is 12.8 Å². The molecule has 4 rings (SSSR count). The van der Waals surface area contributed by atoms with Crippen molar-refractivity contribution < 1.29 is 47.2 Å². The Morgan fingerprint density at radius 1 is 1.10 bits per heavy atom. The van der Waals surface area contributed by atoms with Crippen LogP contribution in [0.4, 0.5) is 13.6 Å². The van der Waals surface area contributed by atoms with Crippen molar-refractivity contribution in [1.82, 2.24) is 0 Å². The van der Waals surface area contributed by atoms with Gasteiger partial charge in [-0.2, -0.15) is 0 Å². The van der Waals surface area contributed by atoms with Crippen molar-refractivity contribution in [1.29, 1.82) is 0 Å². The Morgan fingerprint density at radius 3 is 2.38 bits per heavy atom. The van der Waals surface area contributed by atoms with Crippen LogP contribution in [-0.4, -0.2) is 52.9 Å². The average molecular weight is 554 g/mol. The number of carbonyl (C=O) groups excluding carboxylic acids is 2. The molecule has 2 unspecified atom stereocenters. The Hall–Kier alpha value is -2.79. The topological polar surface area (TPSA) is 134 Å². The van der Waals surface area contributed by atoms with E-state index in [-0.39, 0.29) is 25.0 Å². The SMILES string of the molecule is CC(C)[C@@H]1CC[C@@H](C)CC1OC(=O)O[C@@H](C)OC(=O)[C@]1(N)C(OCc2ccc(F)cc2)C[C@@H]2[C@H]1[C@@]2(F)C(=O)O. The molecular formula is C28H37F2NO8. The number of alkyl halides is 1. The third-order valence-corrected chi connectivity index (χ3v) is 8.59. The lowest BCUT2D eigenvalue weighted by Crippen LogP contribution is -2.61. The van der Waals surface area contributed by atoms with Gasteiger partial charge in [-0.3, -0.25) is 0 Å². The summed E-state index contributed by atoms with van der Waals surface area (Å²) in [6, 6.07) is 5.44. The molecule has 9 atom stereocenters. The summed E-state index contributed by atoms with van der Waals surface area (Å²) >= 11 is 0. The molecule has 39 heavy (non-hydrogen) atoms. The molecule has 1 aromatic carbocycles. The summed E-state index contributed by atoms with van der Waals surface area (Å²) in [4.78, 5) is 37.4. The van der Waals surface area contributed by atoms with Gasteiger partial charge in [0.25, 0.3) is 0 Å². The smallest absolute Gasteiger partial charge is 0.479 e. The second-order valence-electron chi connectivity index (χ2n) is 11.6. The first-order chi connectivity index (χ1) is 18.3. The van der Waals surface area contributed by atoms with Gasteiger partial charge >= 0.3 is 18.1 Å². The number of benzene rings is 1. The number of aliphatic carboxylic acids is 1. The van der Waals surface area contributed by atoms with E-state index in [9.17, 15) is 23.9 Å². The van der Waals surface area contributed by atoms with Gasteiger partial charge in [-0.25, -0.2) is 23.2 Å². The molecule has 3 saturated carbocycles. The van der Waals surface area contributed by atoms with E-state index in [1.807, 2.05) is 0 Å². The molecular weight excluding hydrogens is 516 g/mol. The van der Waals surface area contributed by atoms with Gasteiger partial charge in [-0.15, -0.1) is 0 Å². The van der Waals surface area contributed by atoms with Gasteiger partial charge in [0.15, 0.2) is 0 Å². The molecule has 0 saturated heterocycles. The molecule has 0 heterocycles. The predicted octanol–water partition coefficient (Wildman–Crippen LogP) is 4.35. The zero-order valence-corrected chi connectivity index (χ0v) is 22.6. The fourth-order valence-corrected chi connectivity index (χ4v) is 6.39. The Kier molecular flexibility index (Phi) is 8.23. The number of carbonyl (C=O) groups is 3. The number of rotatable bonds is 9. The lowest BCUT2D eigenvalue weighted by molar-refractivity contribution is -0.184. The maximum absolute atomic E-state index is 15.2. The standard InChI is InChI=1S/C28H37F2NO8/c1-14(2)19-10-5-15(3)11-21(19)39-26(35)38-16(4)37-25(34)28(31)22(12-20-23(28)27(20,30)24(32)33)36-13-17-6-8-18(29)9-7-17/h6-9,14-16,19-23H,5,10-13,31H2,1-4H3,(H,32,33)/t15-,16+,19+,20-,21?,22?,23+,27-,28+/m1/s1. The molecule has 0 radical (unpaired) electrons.